The Balaban J connectivity index is 2.40. The molecule has 0 aliphatic heterocycles. The fourth-order valence-corrected chi connectivity index (χ4v) is 3.06. The number of nitrogens with zero attached hydrogens (tertiary/aromatic N) is 4. The number of hydrogen-bond donors (Lipinski definition) is 1. The normalized spacial score (nSPS) is 10.3. The van der Waals surface area contributed by atoms with Crippen LogP contribution in [0.4, 0.5) is 5.13 Å². The van der Waals surface area contributed by atoms with Crippen LogP contribution in [0.5, 0.6) is 0 Å². The van der Waals surface area contributed by atoms with Crippen molar-refractivity contribution < 1.29 is 9.59 Å². The van der Waals surface area contributed by atoms with Gasteiger partial charge in [0.15, 0.2) is 4.34 Å². The van der Waals surface area contributed by atoms with Crippen LogP contribution in [0.3, 0.4) is 0 Å². The Morgan fingerprint density at radius 1 is 1.25 bits per heavy atom. The van der Waals surface area contributed by atoms with Crippen LogP contribution in [-0.2, 0) is 9.59 Å². The van der Waals surface area contributed by atoms with E-state index in [-0.39, 0.29) is 24.1 Å². The van der Waals surface area contributed by atoms with Crippen molar-refractivity contribution in [2.75, 3.05) is 38.2 Å². The van der Waals surface area contributed by atoms with Crippen LogP contribution in [-0.4, -0.2) is 64.2 Å². The van der Waals surface area contributed by atoms with E-state index in [0.29, 0.717) is 22.6 Å². The third kappa shape index (κ3) is 4.97. The molecule has 0 bridgehead atoms. The van der Waals surface area contributed by atoms with Crippen molar-refractivity contribution in [1.82, 2.24) is 20.0 Å². The highest BCUT2D eigenvalue weighted by Gasteiger charge is 2.17. The Kier molecular flexibility index (Phi) is 6.73. The standard InChI is InChI=1S/C11H19N5O2S2/c1-4-16(5-2)8(17)6-15(3)9(18)7-19-11-14-13-10(12)20-11/h4-7H2,1-3H3,(H2,12,13). The molecule has 0 unspecified atom stereocenters. The van der Waals surface area contributed by atoms with Crippen molar-refractivity contribution in [2.45, 2.75) is 18.2 Å². The van der Waals surface area contributed by atoms with Crippen LogP contribution in [0, 0.1) is 0 Å². The van der Waals surface area contributed by atoms with Crippen molar-refractivity contribution in [2.24, 2.45) is 0 Å². The number of carbonyl (C=O) groups is 2. The van der Waals surface area contributed by atoms with Crippen molar-refractivity contribution in [1.29, 1.82) is 0 Å². The van der Waals surface area contributed by atoms with Gasteiger partial charge in [0.05, 0.1) is 12.3 Å². The highest BCUT2D eigenvalue weighted by Crippen LogP contribution is 2.23. The van der Waals surface area contributed by atoms with E-state index in [1.807, 2.05) is 13.8 Å². The highest BCUT2D eigenvalue weighted by atomic mass is 32.2. The van der Waals surface area contributed by atoms with E-state index in [4.69, 9.17) is 5.73 Å². The van der Waals surface area contributed by atoms with Gasteiger partial charge in [-0.1, -0.05) is 23.1 Å². The fourth-order valence-electron chi connectivity index (χ4n) is 1.48. The van der Waals surface area contributed by atoms with Gasteiger partial charge in [-0.3, -0.25) is 9.59 Å². The largest absolute Gasteiger partial charge is 0.374 e. The quantitative estimate of drug-likeness (QED) is 0.738. The fraction of sp³-hybridized carbons (Fsp3) is 0.636. The number of amides is 2. The molecule has 20 heavy (non-hydrogen) atoms. The van der Waals surface area contributed by atoms with Crippen molar-refractivity contribution in [3.8, 4) is 0 Å². The van der Waals surface area contributed by atoms with E-state index in [9.17, 15) is 9.59 Å². The second-order valence-electron chi connectivity index (χ2n) is 4.01. The summed E-state index contributed by atoms with van der Waals surface area (Å²) in [6.45, 7) is 5.23. The van der Waals surface area contributed by atoms with Crippen molar-refractivity contribution in [3.05, 3.63) is 0 Å². The molecule has 1 aromatic heterocycles. The Labute approximate surface area is 126 Å². The summed E-state index contributed by atoms with van der Waals surface area (Å²) < 4.78 is 0.652. The number of carbonyl (C=O) groups excluding carboxylic acids is 2. The molecule has 0 fully saturated rings. The van der Waals surface area contributed by atoms with Crippen molar-refractivity contribution in [3.63, 3.8) is 0 Å². The summed E-state index contributed by atoms with van der Waals surface area (Å²) in [6.07, 6.45) is 0. The molecule has 2 amide bonds. The summed E-state index contributed by atoms with van der Waals surface area (Å²) in [5.41, 5.74) is 5.46. The van der Waals surface area contributed by atoms with E-state index in [1.54, 1.807) is 11.9 Å². The number of likely N-dealkylation sites (N-methyl/N-ethyl adjacent to an activating group) is 2. The average Bonchev–Trinajstić information content (AvgIpc) is 2.83. The second kappa shape index (κ2) is 8.05. The lowest BCUT2D eigenvalue weighted by molar-refractivity contribution is -0.137. The third-order valence-electron chi connectivity index (χ3n) is 2.66. The molecule has 0 aliphatic rings. The van der Waals surface area contributed by atoms with E-state index in [1.165, 1.54) is 28.0 Å². The Morgan fingerprint density at radius 2 is 1.90 bits per heavy atom. The van der Waals surface area contributed by atoms with Crippen LogP contribution in [0.25, 0.3) is 0 Å². The second-order valence-corrected chi connectivity index (χ2v) is 6.24. The summed E-state index contributed by atoms with van der Waals surface area (Å²) in [7, 11) is 1.62. The van der Waals surface area contributed by atoms with Crippen molar-refractivity contribution >= 4 is 40.0 Å². The van der Waals surface area contributed by atoms with Gasteiger partial charge in [-0.05, 0) is 13.8 Å². The predicted molar refractivity (Wildman–Crippen MR) is 80.6 cm³/mol. The minimum atomic E-state index is -0.121. The lowest BCUT2D eigenvalue weighted by atomic mass is 10.4. The first-order valence-corrected chi connectivity index (χ1v) is 8.01. The predicted octanol–water partition coefficient (Wildman–Crippen LogP) is 0.539. The molecule has 1 rings (SSSR count). The summed E-state index contributed by atoms with van der Waals surface area (Å²) in [6, 6.07) is 0. The first kappa shape index (κ1) is 16.7. The number of anilines is 1. The zero-order valence-electron chi connectivity index (χ0n) is 11.8. The van der Waals surface area contributed by atoms with Gasteiger partial charge in [-0.25, -0.2) is 0 Å². The molecule has 1 aromatic rings. The smallest absolute Gasteiger partial charge is 0.242 e. The summed E-state index contributed by atoms with van der Waals surface area (Å²) in [4.78, 5) is 26.9. The Hall–Kier alpha value is -1.35. The molecule has 0 radical (unpaired) electrons. The maximum Gasteiger partial charge on any atom is 0.242 e. The summed E-state index contributed by atoms with van der Waals surface area (Å²) in [5, 5.41) is 7.88. The number of nitrogens with two attached hydrogens (primary N) is 1. The zero-order chi connectivity index (χ0) is 15.1. The molecular weight excluding hydrogens is 298 g/mol. The SMILES string of the molecule is CCN(CC)C(=O)CN(C)C(=O)CSc1nnc(N)s1. The molecule has 0 saturated heterocycles. The average molecular weight is 317 g/mol. The topological polar surface area (TPSA) is 92.4 Å². The van der Waals surface area contributed by atoms with E-state index < -0.39 is 0 Å². The summed E-state index contributed by atoms with van der Waals surface area (Å²) in [5.74, 6) is 0.0525. The maximum atomic E-state index is 11.9. The van der Waals surface area contributed by atoms with Crippen LogP contribution >= 0.6 is 23.1 Å². The Bertz CT molecular complexity index is 461. The zero-order valence-corrected chi connectivity index (χ0v) is 13.5. The molecule has 9 heteroatoms. The maximum absolute atomic E-state index is 11.9. The van der Waals surface area contributed by atoms with Gasteiger partial charge in [-0.2, -0.15) is 0 Å². The van der Waals surface area contributed by atoms with Gasteiger partial charge in [0.2, 0.25) is 16.9 Å². The molecule has 0 aliphatic carbocycles. The number of rotatable bonds is 7. The van der Waals surface area contributed by atoms with Gasteiger partial charge < -0.3 is 15.5 Å². The molecule has 1 heterocycles. The lowest BCUT2D eigenvalue weighted by Crippen LogP contribution is -2.41. The monoisotopic (exact) mass is 317 g/mol. The molecule has 0 aromatic carbocycles. The van der Waals surface area contributed by atoms with E-state index in [2.05, 4.69) is 10.2 Å². The molecule has 112 valence electrons. The lowest BCUT2D eigenvalue weighted by Gasteiger charge is -2.23. The highest BCUT2D eigenvalue weighted by molar-refractivity contribution is 8.01. The summed E-state index contributed by atoms with van der Waals surface area (Å²) >= 11 is 2.51. The van der Waals surface area contributed by atoms with Crippen LogP contribution in [0.2, 0.25) is 0 Å². The minimum absolute atomic E-state index is 0.0454. The van der Waals surface area contributed by atoms with Gasteiger partial charge in [0.25, 0.3) is 0 Å². The van der Waals surface area contributed by atoms with Crippen LogP contribution < -0.4 is 5.73 Å². The van der Waals surface area contributed by atoms with E-state index >= 15 is 0 Å². The van der Waals surface area contributed by atoms with Gasteiger partial charge in [0, 0.05) is 20.1 Å². The molecule has 2 N–H and O–H groups in total. The first-order valence-electron chi connectivity index (χ1n) is 6.21. The van der Waals surface area contributed by atoms with Gasteiger partial charge >= 0.3 is 0 Å². The minimum Gasteiger partial charge on any atom is -0.374 e. The molecule has 0 saturated carbocycles. The molecule has 7 nitrogen and oxygen atoms in total. The third-order valence-corrected chi connectivity index (χ3v) is 4.53. The van der Waals surface area contributed by atoms with Crippen LogP contribution in [0.15, 0.2) is 4.34 Å². The molecule has 0 spiro atoms. The number of aromatic nitrogens is 2. The molecular formula is C11H19N5O2S2. The van der Waals surface area contributed by atoms with Crippen LogP contribution in [0.1, 0.15) is 13.8 Å². The molecule has 0 atom stereocenters. The van der Waals surface area contributed by atoms with Gasteiger partial charge in [-0.15, -0.1) is 10.2 Å². The first-order chi connectivity index (χ1) is 9.47. The van der Waals surface area contributed by atoms with E-state index in [0.717, 1.165) is 0 Å². The van der Waals surface area contributed by atoms with Gasteiger partial charge in [0.1, 0.15) is 0 Å². The Morgan fingerprint density at radius 3 is 2.40 bits per heavy atom. The number of nitrogen functional groups attached to an aromatic ring is 1. The number of hydrogen-bond acceptors (Lipinski definition) is 7. The number of thioether (sulfide) groups is 1.